The molecule has 0 unspecified atom stereocenters. The van der Waals surface area contributed by atoms with Crippen molar-refractivity contribution in [3.63, 3.8) is 0 Å². The van der Waals surface area contributed by atoms with Gasteiger partial charge in [0.05, 0.1) is 18.4 Å². The lowest BCUT2D eigenvalue weighted by Crippen LogP contribution is -2.36. The van der Waals surface area contributed by atoms with Gasteiger partial charge >= 0.3 is 0 Å². The minimum absolute atomic E-state index is 0.395. The van der Waals surface area contributed by atoms with Crippen molar-refractivity contribution < 1.29 is 18.7 Å². The predicted octanol–water partition coefficient (Wildman–Crippen LogP) is 4.28. The number of nitrogens with one attached hydrogen (secondary N) is 2. The Kier molecular flexibility index (Phi) is 6.29. The van der Waals surface area contributed by atoms with Crippen LogP contribution in [0.5, 0.6) is 0 Å². The summed E-state index contributed by atoms with van der Waals surface area (Å²) in [6, 6.07) is 17.7. The Hall–Kier alpha value is -3.68. The molecule has 5 rings (SSSR count). The topological polar surface area (TPSA) is 83.8 Å². The van der Waals surface area contributed by atoms with Gasteiger partial charge in [-0.2, -0.15) is 0 Å². The number of fused-ring (bicyclic) bond motifs is 1. The van der Waals surface area contributed by atoms with E-state index in [0.717, 1.165) is 30.9 Å². The first kappa shape index (κ1) is 22.1. The van der Waals surface area contributed by atoms with Crippen molar-refractivity contribution in [2.24, 2.45) is 0 Å². The molecular weight excluding hydrogens is 430 g/mol. The van der Waals surface area contributed by atoms with Gasteiger partial charge < -0.3 is 14.5 Å². The Morgan fingerprint density at radius 1 is 1.12 bits per heavy atom. The zero-order valence-corrected chi connectivity index (χ0v) is 19.0. The SMILES string of the molecule is COC[C@@H]1CCCN1Cc1ccc(N/C=C2\C(=O)NC(=O)c3ccc(-c4ccco4)cc32)cc1. The second kappa shape index (κ2) is 9.67. The van der Waals surface area contributed by atoms with Crippen LogP contribution in [0.1, 0.15) is 34.3 Å². The summed E-state index contributed by atoms with van der Waals surface area (Å²) >= 11 is 0. The second-order valence-corrected chi connectivity index (χ2v) is 8.64. The van der Waals surface area contributed by atoms with Gasteiger partial charge in [0.1, 0.15) is 5.76 Å². The fourth-order valence-corrected chi connectivity index (χ4v) is 4.65. The third-order valence-electron chi connectivity index (χ3n) is 6.41. The maximum absolute atomic E-state index is 12.6. The molecule has 1 saturated heterocycles. The van der Waals surface area contributed by atoms with Gasteiger partial charge in [-0.25, -0.2) is 0 Å². The van der Waals surface area contributed by atoms with Crippen molar-refractivity contribution in [3.05, 3.63) is 83.8 Å². The molecule has 7 heteroatoms. The molecule has 34 heavy (non-hydrogen) atoms. The number of anilines is 1. The van der Waals surface area contributed by atoms with Crippen molar-refractivity contribution in [3.8, 4) is 11.3 Å². The molecule has 3 aromatic rings. The number of likely N-dealkylation sites (tertiary alicyclic amines) is 1. The number of amides is 2. The molecule has 3 heterocycles. The molecule has 2 N–H and O–H groups in total. The standard InChI is InChI=1S/C27H27N3O4/c1-33-17-21-4-2-12-30(21)16-18-6-9-20(10-7-18)28-15-24-23-14-19(25-5-3-13-34-25)8-11-22(23)26(31)29-27(24)32/h3,5-11,13-15,21,28H,2,4,12,16-17H2,1H3,(H,29,31,32)/b24-15-/t21-/m0/s1. The normalized spacial score (nSPS) is 19.3. The number of carbonyl (C=O) groups is 2. The molecule has 2 aromatic carbocycles. The number of ether oxygens (including phenoxy) is 1. The van der Waals surface area contributed by atoms with Crippen LogP contribution in [0.2, 0.25) is 0 Å². The highest BCUT2D eigenvalue weighted by atomic mass is 16.5. The van der Waals surface area contributed by atoms with Gasteiger partial charge in [-0.3, -0.25) is 19.8 Å². The van der Waals surface area contributed by atoms with Crippen molar-refractivity contribution in [1.82, 2.24) is 10.2 Å². The summed E-state index contributed by atoms with van der Waals surface area (Å²) in [5.74, 6) is -0.160. The molecule has 0 aliphatic carbocycles. The average Bonchev–Trinajstić information content (AvgIpc) is 3.53. The van der Waals surface area contributed by atoms with Crippen LogP contribution in [-0.2, 0) is 16.1 Å². The van der Waals surface area contributed by atoms with Gasteiger partial charge in [0.2, 0.25) is 0 Å². The van der Waals surface area contributed by atoms with Gasteiger partial charge in [0.15, 0.2) is 0 Å². The first-order chi connectivity index (χ1) is 16.6. The zero-order valence-electron chi connectivity index (χ0n) is 19.0. The summed E-state index contributed by atoms with van der Waals surface area (Å²) in [5, 5.41) is 5.63. The highest BCUT2D eigenvalue weighted by molar-refractivity contribution is 6.31. The molecule has 2 aliphatic heterocycles. The van der Waals surface area contributed by atoms with Crippen LogP contribution < -0.4 is 10.6 Å². The monoisotopic (exact) mass is 457 g/mol. The summed E-state index contributed by atoms with van der Waals surface area (Å²) in [7, 11) is 1.75. The maximum Gasteiger partial charge on any atom is 0.260 e. The number of imide groups is 1. The van der Waals surface area contributed by atoms with E-state index in [-0.39, 0.29) is 0 Å². The number of hydrogen-bond donors (Lipinski definition) is 2. The molecule has 7 nitrogen and oxygen atoms in total. The molecule has 0 bridgehead atoms. The van der Waals surface area contributed by atoms with Crippen LogP contribution >= 0.6 is 0 Å². The van der Waals surface area contributed by atoms with Crippen molar-refractivity contribution in [2.75, 3.05) is 25.6 Å². The van der Waals surface area contributed by atoms with Crippen molar-refractivity contribution in [1.29, 1.82) is 0 Å². The lowest BCUT2D eigenvalue weighted by atomic mass is 9.93. The van der Waals surface area contributed by atoms with E-state index in [1.807, 2.05) is 30.3 Å². The summed E-state index contributed by atoms with van der Waals surface area (Å²) in [5.41, 5.74) is 4.32. The van der Waals surface area contributed by atoms with Gasteiger partial charge in [0, 0.05) is 48.3 Å². The molecule has 2 amide bonds. The first-order valence-corrected chi connectivity index (χ1v) is 11.4. The minimum atomic E-state index is -0.434. The smallest absolute Gasteiger partial charge is 0.260 e. The summed E-state index contributed by atoms with van der Waals surface area (Å²) in [6.45, 7) is 2.75. The fourth-order valence-electron chi connectivity index (χ4n) is 4.65. The summed E-state index contributed by atoms with van der Waals surface area (Å²) < 4.78 is 10.8. The number of furan rings is 1. The third-order valence-corrected chi connectivity index (χ3v) is 6.41. The van der Waals surface area contributed by atoms with E-state index >= 15 is 0 Å². The maximum atomic E-state index is 12.6. The Balaban J connectivity index is 1.34. The lowest BCUT2D eigenvalue weighted by Gasteiger charge is -2.23. The minimum Gasteiger partial charge on any atom is -0.464 e. The number of benzene rings is 2. The zero-order chi connectivity index (χ0) is 23.5. The van der Waals surface area contributed by atoms with E-state index in [9.17, 15) is 9.59 Å². The number of methoxy groups -OCH3 is 1. The van der Waals surface area contributed by atoms with E-state index in [4.69, 9.17) is 9.15 Å². The van der Waals surface area contributed by atoms with E-state index in [1.54, 1.807) is 31.7 Å². The Bertz CT molecular complexity index is 1220. The van der Waals surface area contributed by atoms with E-state index in [2.05, 4.69) is 27.7 Å². The molecule has 2 aliphatic rings. The number of carbonyl (C=O) groups excluding carboxylic acids is 2. The highest BCUT2D eigenvalue weighted by Crippen LogP contribution is 2.30. The Labute approximate surface area is 198 Å². The van der Waals surface area contributed by atoms with Gasteiger partial charge in [0.25, 0.3) is 11.8 Å². The van der Waals surface area contributed by atoms with E-state index in [1.165, 1.54) is 18.4 Å². The fraction of sp³-hybridized carbons (Fsp3) is 0.259. The van der Waals surface area contributed by atoms with Crippen molar-refractivity contribution >= 4 is 23.1 Å². The van der Waals surface area contributed by atoms with Crippen LogP contribution in [0, 0.1) is 0 Å². The third kappa shape index (κ3) is 4.53. The number of rotatable bonds is 7. The molecule has 1 fully saturated rings. The van der Waals surface area contributed by atoms with Crippen LogP contribution in [0.25, 0.3) is 16.9 Å². The number of nitrogens with zero attached hydrogens (tertiary/aromatic N) is 1. The lowest BCUT2D eigenvalue weighted by molar-refractivity contribution is -0.114. The molecular formula is C27H27N3O4. The predicted molar refractivity (Wildman–Crippen MR) is 130 cm³/mol. The second-order valence-electron chi connectivity index (χ2n) is 8.64. The molecule has 0 radical (unpaired) electrons. The molecule has 1 atom stereocenters. The van der Waals surface area contributed by atoms with Crippen LogP contribution in [-0.4, -0.2) is 43.0 Å². The summed E-state index contributed by atoms with van der Waals surface area (Å²) in [6.07, 6.45) is 5.62. The highest BCUT2D eigenvalue weighted by Gasteiger charge is 2.28. The molecule has 0 spiro atoms. The van der Waals surface area contributed by atoms with Gasteiger partial charge in [-0.15, -0.1) is 0 Å². The van der Waals surface area contributed by atoms with Gasteiger partial charge in [-0.1, -0.05) is 18.2 Å². The Morgan fingerprint density at radius 2 is 1.97 bits per heavy atom. The van der Waals surface area contributed by atoms with Crippen molar-refractivity contribution in [2.45, 2.75) is 25.4 Å². The molecule has 0 saturated carbocycles. The van der Waals surface area contributed by atoms with E-state index < -0.39 is 11.8 Å². The van der Waals surface area contributed by atoms with Crippen LogP contribution in [0.4, 0.5) is 5.69 Å². The average molecular weight is 458 g/mol. The summed E-state index contributed by atoms with van der Waals surface area (Å²) in [4.78, 5) is 27.4. The number of hydrogen-bond acceptors (Lipinski definition) is 6. The quantitative estimate of drug-likeness (QED) is 0.407. The molecule has 174 valence electrons. The Morgan fingerprint density at radius 3 is 2.74 bits per heavy atom. The van der Waals surface area contributed by atoms with Gasteiger partial charge in [-0.05, 0) is 61.3 Å². The van der Waals surface area contributed by atoms with Crippen LogP contribution in [0.15, 0.2) is 71.5 Å². The van der Waals surface area contributed by atoms with E-state index in [0.29, 0.717) is 28.5 Å². The van der Waals surface area contributed by atoms with Crippen LogP contribution in [0.3, 0.4) is 0 Å². The molecule has 1 aromatic heterocycles. The largest absolute Gasteiger partial charge is 0.464 e. The first-order valence-electron chi connectivity index (χ1n) is 11.4.